The van der Waals surface area contributed by atoms with Gasteiger partial charge in [0.15, 0.2) is 0 Å². The smallest absolute Gasteiger partial charge is 0.0655 e. The molecule has 2 heteroatoms. The molecule has 1 saturated carbocycles. The van der Waals surface area contributed by atoms with Gasteiger partial charge in [-0.15, -0.1) is 0 Å². The molecule has 0 aromatic rings. The van der Waals surface area contributed by atoms with Gasteiger partial charge in [-0.2, -0.15) is 0 Å². The first-order chi connectivity index (χ1) is 5.16. The highest BCUT2D eigenvalue weighted by molar-refractivity contribution is 4.84. The Morgan fingerprint density at radius 2 is 2.00 bits per heavy atom. The van der Waals surface area contributed by atoms with Crippen molar-refractivity contribution in [3.63, 3.8) is 0 Å². The number of rotatable bonds is 2. The third kappa shape index (κ3) is 2.46. The van der Waals surface area contributed by atoms with Gasteiger partial charge in [-0.25, -0.2) is 0 Å². The number of hydrogen-bond donors (Lipinski definition) is 1. The van der Waals surface area contributed by atoms with Gasteiger partial charge in [-0.05, 0) is 39.5 Å². The van der Waals surface area contributed by atoms with Gasteiger partial charge in [-0.1, -0.05) is 0 Å². The first-order valence-electron chi connectivity index (χ1n) is 4.56. The zero-order valence-electron chi connectivity index (χ0n) is 7.60. The third-order valence-corrected chi connectivity index (χ3v) is 2.58. The average Bonchev–Trinajstić information content (AvgIpc) is 1.97. The van der Waals surface area contributed by atoms with Crippen molar-refractivity contribution in [1.82, 2.24) is 0 Å². The molecule has 0 unspecified atom stereocenters. The summed E-state index contributed by atoms with van der Waals surface area (Å²) in [6, 6.07) is 0.420. The maximum absolute atomic E-state index is 5.80. The Morgan fingerprint density at radius 1 is 1.45 bits per heavy atom. The van der Waals surface area contributed by atoms with Crippen LogP contribution in [0.1, 0.15) is 39.5 Å². The maximum atomic E-state index is 5.80. The Labute approximate surface area is 69.1 Å². The summed E-state index contributed by atoms with van der Waals surface area (Å²) < 4.78 is 5.66. The predicted octanol–water partition coefficient (Wildman–Crippen LogP) is 1.68. The highest BCUT2D eigenvalue weighted by Crippen LogP contribution is 2.30. The first kappa shape index (κ1) is 9.01. The zero-order chi connectivity index (χ0) is 8.32. The fourth-order valence-corrected chi connectivity index (χ4v) is 1.74. The van der Waals surface area contributed by atoms with Crippen LogP contribution in [0.5, 0.6) is 0 Å². The van der Waals surface area contributed by atoms with Crippen LogP contribution in [-0.2, 0) is 4.74 Å². The lowest BCUT2D eigenvalue weighted by Crippen LogP contribution is -2.38. The van der Waals surface area contributed by atoms with Crippen LogP contribution in [0.15, 0.2) is 0 Å². The molecule has 0 aromatic heterocycles. The van der Waals surface area contributed by atoms with Crippen LogP contribution in [0, 0.1) is 0 Å². The van der Waals surface area contributed by atoms with Crippen LogP contribution >= 0.6 is 0 Å². The van der Waals surface area contributed by atoms with Crippen molar-refractivity contribution < 1.29 is 4.74 Å². The second kappa shape index (κ2) is 3.55. The average molecular weight is 157 g/mol. The predicted molar refractivity (Wildman–Crippen MR) is 46.5 cm³/mol. The van der Waals surface area contributed by atoms with Crippen LogP contribution in [0.25, 0.3) is 0 Å². The molecule has 1 aliphatic carbocycles. The largest absolute Gasteiger partial charge is 0.376 e. The van der Waals surface area contributed by atoms with Crippen molar-refractivity contribution in [3.8, 4) is 0 Å². The lowest BCUT2D eigenvalue weighted by Gasteiger charge is -2.35. The van der Waals surface area contributed by atoms with Gasteiger partial charge in [0.2, 0.25) is 0 Å². The summed E-state index contributed by atoms with van der Waals surface area (Å²) in [5.41, 5.74) is 5.93. The first-order valence-corrected chi connectivity index (χ1v) is 4.56. The molecule has 1 fully saturated rings. The standard InChI is InChI=1S/C9H19NO/c1-3-11-9(2)6-4-8(10)5-7-9/h8H,3-7,10H2,1-2H3. The van der Waals surface area contributed by atoms with Crippen LogP contribution < -0.4 is 5.73 Å². The molecule has 1 rings (SSSR count). The highest BCUT2D eigenvalue weighted by atomic mass is 16.5. The molecule has 0 aliphatic heterocycles. The van der Waals surface area contributed by atoms with Crippen molar-refractivity contribution in [2.45, 2.75) is 51.2 Å². The minimum Gasteiger partial charge on any atom is -0.376 e. The molecule has 0 bridgehead atoms. The van der Waals surface area contributed by atoms with E-state index in [1.807, 2.05) is 0 Å². The molecule has 0 spiro atoms. The fourth-order valence-electron chi connectivity index (χ4n) is 1.74. The monoisotopic (exact) mass is 157 g/mol. The van der Waals surface area contributed by atoms with Crippen LogP contribution in [-0.4, -0.2) is 18.2 Å². The van der Waals surface area contributed by atoms with Crippen LogP contribution in [0.3, 0.4) is 0 Å². The lowest BCUT2D eigenvalue weighted by atomic mass is 9.84. The van der Waals surface area contributed by atoms with E-state index in [9.17, 15) is 0 Å². The molecule has 0 atom stereocenters. The SMILES string of the molecule is CCOC1(C)CCC(N)CC1. The molecule has 2 nitrogen and oxygen atoms in total. The Bertz CT molecular complexity index is 117. The fraction of sp³-hybridized carbons (Fsp3) is 1.00. The minimum absolute atomic E-state index is 0.130. The van der Waals surface area contributed by atoms with E-state index in [-0.39, 0.29) is 5.60 Å². The summed E-state index contributed by atoms with van der Waals surface area (Å²) in [6.07, 6.45) is 4.50. The molecule has 0 amide bonds. The molecule has 0 heterocycles. The zero-order valence-corrected chi connectivity index (χ0v) is 7.60. The molecule has 0 saturated heterocycles. The highest BCUT2D eigenvalue weighted by Gasteiger charge is 2.29. The molecule has 0 radical (unpaired) electrons. The van der Waals surface area contributed by atoms with E-state index in [1.54, 1.807) is 0 Å². The maximum Gasteiger partial charge on any atom is 0.0655 e. The summed E-state index contributed by atoms with van der Waals surface area (Å²) in [6.45, 7) is 5.08. The Hall–Kier alpha value is -0.0800. The quantitative estimate of drug-likeness (QED) is 0.662. The Balaban J connectivity index is 2.35. The van der Waals surface area contributed by atoms with Gasteiger partial charge in [0.05, 0.1) is 5.60 Å². The number of nitrogens with two attached hydrogens (primary N) is 1. The second-order valence-electron chi connectivity index (χ2n) is 3.72. The van der Waals surface area contributed by atoms with Gasteiger partial charge in [0.25, 0.3) is 0 Å². The number of hydrogen-bond acceptors (Lipinski definition) is 2. The summed E-state index contributed by atoms with van der Waals surface area (Å²) in [7, 11) is 0. The van der Waals surface area contributed by atoms with Gasteiger partial charge in [-0.3, -0.25) is 0 Å². The van der Waals surface area contributed by atoms with Crippen LogP contribution in [0.4, 0.5) is 0 Å². The Morgan fingerprint density at radius 3 is 2.45 bits per heavy atom. The van der Waals surface area contributed by atoms with Crippen molar-refractivity contribution in [1.29, 1.82) is 0 Å². The molecular formula is C9H19NO. The van der Waals surface area contributed by atoms with E-state index >= 15 is 0 Å². The molecular weight excluding hydrogens is 138 g/mol. The van der Waals surface area contributed by atoms with Gasteiger partial charge in [0.1, 0.15) is 0 Å². The molecule has 1 aliphatic rings. The summed E-state index contributed by atoms with van der Waals surface area (Å²) in [5.74, 6) is 0. The summed E-state index contributed by atoms with van der Waals surface area (Å²) in [4.78, 5) is 0. The third-order valence-electron chi connectivity index (χ3n) is 2.58. The number of ether oxygens (including phenoxy) is 1. The van der Waals surface area contributed by atoms with E-state index < -0.39 is 0 Å². The van der Waals surface area contributed by atoms with Crippen molar-refractivity contribution in [3.05, 3.63) is 0 Å². The van der Waals surface area contributed by atoms with Crippen molar-refractivity contribution >= 4 is 0 Å². The lowest BCUT2D eigenvalue weighted by molar-refractivity contribution is -0.0527. The normalized spacial score (nSPS) is 39.0. The van der Waals surface area contributed by atoms with E-state index in [0.717, 1.165) is 32.3 Å². The topological polar surface area (TPSA) is 35.2 Å². The van der Waals surface area contributed by atoms with E-state index in [1.165, 1.54) is 0 Å². The molecule has 2 N–H and O–H groups in total. The van der Waals surface area contributed by atoms with Crippen molar-refractivity contribution in [2.24, 2.45) is 5.73 Å². The van der Waals surface area contributed by atoms with Crippen molar-refractivity contribution in [2.75, 3.05) is 6.61 Å². The van der Waals surface area contributed by atoms with E-state index in [0.29, 0.717) is 6.04 Å². The molecule has 66 valence electrons. The van der Waals surface area contributed by atoms with Gasteiger partial charge in [0, 0.05) is 12.6 Å². The molecule has 0 aromatic carbocycles. The Kier molecular flexibility index (Phi) is 2.90. The van der Waals surface area contributed by atoms with Crippen LogP contribution in [0.2, 0.25) is 0 Å². The van der Waals surface area contributed by atoms with E-state index in [2.05, 4.69) is 13.8 Å². The van der Waals surface area contributed by atoms with Gasteiger partial charge >= 0.3 is 0 Å². The summed E-state index contributed by atoms with van der Waals surface area (Å²) >= 11 is 0. The summed E-state index contributed by atoms with van der Waals surface area (Å²) in [5, 5.41) is 0. The second-order valence-corrected chi connectivity index (χ2v) is 3.72. The van der Waals surface area contributed by atoms with Gasteiger partial charge < -0.3 is 10.5 Å². The minimum atomic E-state index is 0.130. The molecule has 11 heavy (non-hydrogen) atoms. The van der Waals surface area contributed by atoms with E-state index in [4.69, 9.17) is 10.5 Å².